The molecule has 0 amide bonds. The minimum atomic E-state index is -1.16. The van der Waals surface area contributed by atoms with Crippen LogP contribution in [0.3, 0.4) is 0 Å². The molecule has 4 heteroatoms. The maximum Gasteiger partial charge on any atom is 0.311 e. The molecular formula is C19H14O4. The van der Waals surface area contributed by atoms with Crippen molar-refractivity contribution in [3.8, 4) is 11.5 Å². The number of rotatable bonds is 5. The van der Waals surface area contributed by atoms with Crippen LogP contribution in [0.4, 0.5) is 0 Å². The monoisotopic (exact) mass is 306 g/mol. The summed E-state index contributed by atoms with van der Waals surface area (Å²) in [7, 11) is 0. The van der Waals surface area contributed by atoms with Gasteiger partial charge in [-0.15, -0.1) is 0 Å². The van der Waals surface area contributed by atoms with E-state index in [9.17, 15) is 9.59 Å². The molecule has 0 spiro atoms. The summed E-state index contributed by atoms with van der Waals surface area (Å²) in [6, 6.07) is 20.1. The normalized spacial score (nSPS) is 10.4. The molecule has 0 aliphatic carbocycles. The zero-order valence-corrected chi connectivity index (χ0v) is 12.2. The number of aliphatic carboxylic acids is 1. The maximum absolute atomic E-state index is 12.1. The Balaban J connectivity index is 2.00. The Bertz CT molecular complexity index is 878. The Morgan fingerprint density at radius 1 is 0.826 bits per heavy atom. The number of hydrogen-bond acceptors (Lipinski definition) is 3. The molecule has 0 saturated heterocycles. The van der Waals surface area contributed by atoms with Gasteiger partial charge >= 0.3 is 5.97 Å². The first kappa shape index (κ1) is 14.8. The second-order valence-electron chi connectivity index (χ2n) is 5.07. The third-order valence-corrected chi connectivity index (χ3v) is 3.47. The molecule has 0 aliphatic heterocycles. The number of hydrogen-bond donors (Lipinski definition) is 1. The SMILES string of the molecule is O=C(O)CC(=O)c1ccccc1Oc1cccc2ccccc12. The summed E-state index contributed by atoms with van der Waals surface area (Å²) < 4.78 is 5.91. The van der Waals surface area contributed by atoms with Gasteiger partial charge < -0.3 is 9.84 Å². The molecule has 0 bridgehead atoms. The molecule has 0 aliphatic rings. The van der Waals surface area contributed by atoms with Crippen LogP contribution in [0.25, 0.3) is 10.8 Å². The molecule has 1 N–H and O–H groups in total. The van der Waals surface area contributed by atoms with Crippen LogP contribution in [-0.4, -0.2) is 16.9 Å². The van der Waals surface area contributed by atoms with Crippen molar-refractivity contribution in [1.82, 2.24) is 0 Å². The summed E-state index contributed by atoms with van der Waals surface area (Å²) in [6.45, 7) is 0. The number of ether oxygens (including phenoxy) is 1. The third-order valence-electron chi connectivity index (χ3n) is 3.47. The summed E-state index contributed by atoms with van der Waals surface area (Å²) in [5.41, 5.74) is 0.267. The number of Topliss-reactive ketones (excluding diaryl/α,β-unsaturated/α-hetero) is 1. The number of carboxylic acids is 1. The van der Waals surface area contributed by atoms with Crippen molar-refractivity contribution < 1.29 is 19.4 Å². The van der Waals surface area contributed by atoms with Gasteiger partial charge in [0.05, 0.1) is 5.56 Å². The van der Waals surface area contributed by atoms with E-state index in [-0.39, 0.29) is 5.56 Å². The zero-order valence-electron chi connectivity index (χ0n) is 12.2. The number of fused-ring (bicyclic) bond motifs is 1. The predicted octanol–water partition coefficient (Wildman–Crippen LogP) is 4.29. The summed E-state index contributed by atoms with van der Waals surface area (Å²) in [5, 5.41) is 10.8. The van der Waals surface area contributed by atoms with Crippen LogP contribution in [0.5, 0.6) is 11.5 Å². The molecule has 3 aromatic carbocycles. The lowest BCUT2D eigenvalue weighted by Gasteiger charge is -2.12. The van der Waals surface area contributed by atoms with Gasteiger partial charge in [0.2, 0.25) is 0 Å². The van der Waals surface area contributed by atoms with E-state index in [1.807, 2.05) is 42.5 Å². The highest BCUT2D eigenvalue weighted by atomic mass is 16.5. The Morgan fingerprint density at radius 3 is 2.30 bits per heavy atom. The summed E-state index contributed by atoms with van der Waals surface area (Å²) in [4.78, 5) is 22.8. The van der Waals surface area contributed by atoms with Crippen molar-refractivity contribution in [3.63, 3.8) is 0 Å². The summed E-state index contributed by atoms with van der Waals surface area (Å²) >= 11 is 0. The minimum Gasteiger partial charge on any atom is -0.481 e. The highest BCUT2D eigenvalue weighted by Gasteiger charge is 2.16. The van der Waals surface area contributed by atoms with Gasteiger partial charge in [-0.2, -0.15) is 0 Å². The molecule has 23 heavy (non-hydrogen) atoms. The molecule has 0 fully saturated rings. The Hall–Kier alpha value is -3.14. The number of carbonyl (C=O) groups excluding carboxylic acids is 1. The average Bonchev–Trinajstić information content (AvgIpc) is 2.55. The van der Waals surface area contributed by atoms with Gasteiger partial charge in [0.15, 0.2) is 5.78 Å². The molecule has 0 atom stereocenters. The summed E-state index contributed by atoms with van der Waals surface area (Å²) in [5.74, 6) is -0.655. The van der Waals surface area contributed by atoms with Gasteiger partial charge in [0.1, 0.15) is 17.9 Å². The first-order chi connectivity index (χ1) is 11.1. The number of benzene rings is 3. The molecule has 0 radical (unpaired) electrons. The van der Waals surface area contributed by atoms with E-state index < -0.39 is 18.2 Å². The molecule has 0 aromatic heterocycles. The highest BCUT2D eigenvalue weighted by molar-refractivity contribution is 6.07. The predicted molar refractivity (Wildman–Crippen MR) is 87.0 cm³/mol. The molecule has 4 nitrogen and oxygen atoms in total. The first-order valence-electron chi connectivity index (χ1n) is 7.15. The van der Waals surface area contributed by atoms with Gasteiger partial charge in [0, 0.05) is 5.39 Å². The van der Waals surface area contributed by atoms with Gasteiger partial charge in [-0.05, 0) is 23.6 Å². The van der Waals surface area contributed by atoms with Crippen LogP contribution in [0, 0.1) is 0 Å². The van der Waals surface area contributed by atoms with Gasteiger partial charge in [-0.25, -0.2) is 0 Å². The largest absolute Gasteiger partial charge is 0.481 e. The second-order valence-corrected chi connectivity index (χ2v) is 5.07. The minimum absolute atomic E-state index is 0.267. The molecule has 3 rings (SSSR count). The van der Waals surface area contributed by atoms with Crippen molar-refractivity contribution in [2.45, 2.75) is 6.42 Å². The fourth-order valence-electron chi connectivity index (χ4n) is 2.42. The average molecular weight is 306 g/mol. The smallest absolute Gasteiger partial charge is 0.311 e. The maximum atomic E-state index is 12.1. The highest BCUT2D eigenvalue weighted by Crippen LogP contribution is 2.31. The number of carbonyl (C=O) groups is 2. The van der Waals surface area contributed by atoms with E-state index in [0.29, 0.717) is 11.5 Å². The van der Waals surface area contributed by atoms with Crippen LogP contribution in [0.1, 0.15) is 16.8 Å². The summed E-state index contributed by atoms with van der Waals surface area (Å²) in [6.07, 6.45) is -0.560. The van der Waals surface area contributed by atoms with E-state index in [0.717, 1.165) is 10.8 Å². The Morgan fingerprint density at radius 2 is 1.48 bits per heavy atom. The topological polar surface area (TPSA) is 63.6 Å². The standard InChI is InChI=1S/C19H14O4/c20-16(12-19(21)22)15-9-3-4-10-18(15)23-17-11-5-7-13-6-1-2-8-14(13)17/h1-11H,12H2,(H,21,22). The molecule has 0 unspecified atom stereocenters. The first-order valence-corrected chi connectivity index (χ1v) is 7.15. The van der Waals surface area contributed by atoms with Crippen molar-refractivity contribution >= 4 is 22.5 Å². The number of para-hydroxylation sites is 1. The quantitative estimate of drug-likeness (QED) is 0.564. The van der Waals surface area contributed by atoms with E-state index in [2.05, 4.69) is 0 Å². The molecular weight excluding hydrogens is 292 g/mol. The van der Waals surface area contributed by atoms with Crippen molar-refractivity contribution in [3.05, 3.63) is 72.3 Å². The molecule has 3 aromatic rings. The van der Waals surface area contributed by atoms with E-state index in [1.165, 1.54) is 0 Å². The van der Waals surface area contributed by atoms with Gasteiger partial charge in [-0.3, -0.25) is 9.59 Å². The van der Waals surface area contributed by atoms with E-state index in [4.69, 9.17) is 9.84 Å². The van der Waals surface area contributed by atoms with Gasteiger partial charge in [-0.1, -0.05) is 48.5 Å². The number of carboxylic acid groups (broad SMARTS) is 1. The van der Waals surface area contributed by atoms with E-state index in [1.54, 1.807) is 24.3 Å². The van der Waals surface area contributed by atoms with E-state index >= 15 is 0 Å². The van der Waals surface area contributed by atoms with Crippen LogP contribution >= 0.6 is 0 Å². The van der Waals surface area contributed by atoms with Crippen LogP contribution in [0.15, 0.2) is 66.7 Å². The zero-order chi connectivity index (χ0) is 16.2. The fraction of sp³-hybridized carbons (Fsp3) is 0.0526. The van der Waals surface area contributed by atoms with Crippen LogP contribution in [-0.2, 0) is 4.79 Å². The lowest BCUT2D eigenvalue weighted by atomic mass is 10.1. The van der Waals surface area contributed by atoms with Gasteiger partial charge in [0.25, 0.3) is 0 Å². The third kappa shape index (κ3) is 3.21. The van der Waals surface area contributed by atoms with Crippen molar-refractivity contribution in [2.24, 2.45) is 0 Å². The Kier molecular flexibility index (Phi) is 4.06. The lowest BCUT2D eigenvalue weighted by Crippen LogP contribution is -2.08. The van der Waals surface area contributed by atoms with Crippen molar-refractivity contribution in [1.29, 1.82) is 0 Å². The molecule has 0 saturated carbocycles. The van der Waals surface area contributed by atoms with Crippen LogP contribution in [0.2, 0.25) is 0 Å². The second kappa shape index (κ2) is 6.32. The fourth-order valence-corrected chi connectivity index (χ4v) is 2.42. The molecule has 0 heterocycles. The lowest BCUT2D eigenvalue weighted by molar-refractivity contribution is -0.135. The van der Waals surface area contributed by atoms with Crippen molar-refractivity contribution in [2.75, 3.05) is 0 Å². The number of ketones is 1. The Labute approximate surface area is 132 Å². The van der Waals surface area contributed by atoms with Crippen LogP contribution < -0.4 is 4.74 Å². The molecule has 114 valence electrons.